The zero-order valence-electron chi connectivity index (χ0n) is 28.2. The molecule has 0 radical (unpaired) electrons. The Balaban J connectivity index is 1.30. The van der Waals surface area contributed by atoms with Crippen LogP contribution in [0, 0.1) is 6.92 Å². The van der Waals surface area contributed by atoms with Gasteiger partial charge in [0.25, 0.3) is 0 Å². The number of halogens is 1. The molecule has 0 spiro atoms. The average molecular weight is 695 g/mol. The molecule has 0 aliphatic carbocycles. The molecule has 8 rings (SSSR count). The summed E-state index contributed by atoms with van der Waals surface area (Å²) in [5.74, 6) is 0.617. The number of rotatable bonds is 1. The molecule has 9 nitrogen and oxygen atoms in total. The molecule has 49 heavy (non-hydrogen) atoms. The lowest BCUT2D eigenvalue weighted by Gasteiger charge is -2.33. The Kier molecular flexibility index (Phi) is 8.21. The van der Waals surface area contributed by atoms with Gasteiger partial charge >= 0.3 is 5.97 Å². The van der Waals surface area contributed by atoms with Crippen molar-refractivity contribution in [2.75, 3.05) is 13.7 Å². The number of carbonyl (C=O) groups is 1. The van der Waals surface area contributed by atoms with E-state index in [2.05, 4.69) is 47.0 Å². The molecule has 11 heteroatoms. The second kappa shape index (κ2) is 12.6. The molecule has 252 valence electrons. The van der Waals surface area contributed by atoms with Crippen LogP contribution in [0.5, 0.6) is 5.75 Å². The van der Waals surface area contributed by atoms with Gasteiger partial charge < -0.3 is 14.4 Å². The highest BCUT2D eigenvalue weighted by Gasteiger charge is 2.34. The minimum atomic E-state index is -0.955. The smallest absolute Gasteiger partial charge is 0.352 e. The fraction of sp³-hybridized carbons (Fsp3) is 0.342. The fourth-order valence-corrected chi connectivity index (χ4v) is 9.08. The van der Waals surface area contributed by atoms with Crippen LogP contribution in [0.1, 0.15) is 64.1 Å². The predicted octanol–water partition coefficient (Wildman–Crippen LogP) is 8.17. The lowest BCUT2D eigenvalue weighted by atomic mass is 9.92. The first-order valence-electron chi connectivity index (χ1n) is 16.8. The highest BCUT2D eigenvalue weighted by atomic mass is 35.5. The summed E-state index contributed by atoms with van der Waals surface area (Å²) in [7, 11) is 6.03. The summed E-state index contributed by atoms with van der Waals surface area (Å²) in [5.41, 5.74) is 7.95. The lowest BCUT2D eigenvalue weighted by molar-refractivity contribution is 0.0685. The molecule has 1 unspecified atom stereocenters. The van der Waals surface area contributed by atoms with Crippen molar-refractivity contribution in [3.8, 4) is 16.9 Å². The summed E-state index contributed by atoms with van der Waals surface area (Å²) < 4.78 is 12.4. The van der Waals surface area contributed by atoms with Crippen LogP contribution in [-0.4, -0.2) is 53.8 Å². The summed E-state index contributed by atoms with van der Waals surface area (Å²) in [6, 6.07) is 18.8. The summed E-state index contributed by atoms with van der Waals surface area (Å²) >= 11 is 8.88. The predicted molar refractivity (Wildman–Crippen MR) is 195 cm³/mol. The molecule has 8 bridgehead atoms. The number of hydrogen-bond acceptors (Lipinski definition) is 6. The highest BCUT2D eigenvalue weighted by molar-refractivity contribution is 7.98. The number of benzene rings is 3. The molecule has 3 aromatic carbocycles. The summed E-state index contributed by atoms with van der Waals surface area (Å²) in [5, 5.41) is 24.1. The number of thioether (sulfide) groups is 1. The molecule has 2 aliphatic rings. The number of fused-ring (bicyclic) bond motifs is 7. The first kappa shape index (κ1) is 32.0. The molecule has 0 saturated heterocycles. The van der Waals surface area contributed by atoms with Crippen LogP contribution in [0.4, 0.5) is 0 Å². The van der Waals surface area contributed by atoms with Gasteiger partial charge in [0.05, 0.1) is 46.0 Å². The largest absolute Gasteiger partial charge is 0.493 e. The van der Waals surface area contributed by atoms with Gasteiger partial charge in [0.1, 0.15) is 11.4 Å². The number of aromatic carboxylic acids is 1. The van der Waals surface area contributed by atoms with Crippen molar-refractivity contribution in [3.05, 3.63) is 93.7 Å². The normalized spacial score (nSPS) is 17.2. The Hall–Kier alpha value is -4.25. The number of hydrogen-bond donors (Lipinski definition) is 1. The van der Waals surface area contributed by atoms with Crippen LogP contribution in [0.2, 0.25) is 5.02 Å². The number of nitrogens with zero attached hydrogens (tertiary/aromatic N) is 6. The quantitative estimate of drug-likeness (QED) is 0.186. The Morgan fingerprint density at radius 1 is 1.02 bits per heavy atom. The van der Waals surface area contributed by atoms with Gasteiger partial charge in [-0.25, -0.2) is 4.79 Å². The highest BCUT2D eigenvalue weighted by Crippen LogP contribution is 2.46. The molecular weight excluding hydrogens is 656 g/mol. The van der Waals surface area contributed by atoms with E-state index in [4.69, 9.17) is 26.5 Å². The minimum Gasteiger partial charge on any atom is -0.493 e. The second-order valence-corrected chi connectivity index (χ2v) is 14.7. The molecule has 5 heterocycles. The maximum atomic E-state index is 12.9. The average Bonchev–Trinajstić information content (AvgIpc) is 3.70. The van der Waals surface area contributed by atoms with E-state index in [9.17, 15) is 9.90 Å². The number of carboxylic acids is 1. The van der Waals surface area contributed by atoms with Crippen LogP contribution in [-0.2, 0) is 39.4 Å². The number of aromatic nitrogens is 5. The molecule has 6 aromatic rings. The van der Waals surface area contributed by atoms with Gasteiger partial charge in [-0.2, -0.15) is 10.2 Å². The van der Waals surface area contributed by atoms with Gasteiger partial charge in [-0.05, 0) is 74.9 Å². The molecule has 1 N–H and O–H groups in total. The van der Waals surface area contributed by atoms with Crippen LogP contribution < -0.4 is 4.74 Å². The zero-order valence-corrected chi connectivity index (χ0v) is 29.7. The summed E-state index contributed by atoms with van der Waals surface area (Å²) in [4.78, 5) is 16.4. The maximum Gasteiger partial charge on any atom is 0.352 e. The molecule has 0 amide bonds. The first-order chi connectivity index (χ1) is 23.7. The van der Waals surface area contributed by atoms with E-state index in [0.29, 0.717) is 31.0 Å². The van der Waals surface area contributed by atoms with Crippen LogP contribution >= 0.6 is 23.4 Å². The van der Waals surface area contributed by atoms with Crippen molar-refractivity contribution >= 4 is 51.0 Å². The van der Waals surface area contributed by atoms with Crippen molar-refractivity contribution in [1.82, 2.24) is 29.0 Å². The number of carboxylic acid groups (broad SMARTS) is 1. The third-order valence-electron chi connectivity index (χ3n) is 10.2. The van der Waals surface area contributed by atoms with E-state index < -0.39 is 5.97 Å². The van der Waals surface area contributed by atoms with Gasteiger partial charge in [-0.1, -0.05) is 41.9 Å². The molecule has 0 saturated carbocycles. The van der Waals surface area contributed by atoms with E-state index in [1.54, 1.807) is 11.8 Å². The molecule has 1 atom stereocenters. The molecule has 2 aliphatic heterocycles. The monoisotopic (exact) mass is 694 g/mol. The fourth-order valence-electron chi connectivity index (χ4n) is 7.98. The van der Waals surface area contributed by atoms with Crippen LogP contribution in [0.15, 0.2) is 59.5 Å². The lowest BCUT2D eigenvalue weighted by Crippen LogP contribution is -2.30. The maximum absolute atomic E-state index is 12.9. The zero-order chi connectivity index (χ0) is 34.0. The third-order valence-corrected chi connectivity index (χ3v) is 11.5. The Morgan fingerprint density at radius 2 is 1.86 bits per heavy atom. The van der Waals surface area contributed by atoms with Gasteiger partial charge in [-0.3, -0.25) is 14.3 Å². The van der Waals surface area contributed by atoms with Crippen molar-refractivity contribution < 1.29 is 14.6 Å². The van der Waals surface area contributed by atoms with Gasteiger partial charge in [-0.15, -0.1) is 11.8 Å². The molecular formula is C38H39ClN6O3S. The topological polar surface area (TPSA) is 90.3 Å². The van der Waals surface area contributed by atoms with Crippen molar-refractivity contribution in [3.63, 3.8) is 0 Å². The van der Waals surface area contributed by atoms with Gasteiger partial charge in [0.2, 0.25) is 0 Å². The van der Waals surface area contributed by atoms with Crippen molar-refractivity contribution in [2.45, 2.75) is 62.4 Å². The second-order valence-electron chi connectivity index (χ2n) is 13.3. The van der Waals surface area contributed by atoms with E-state index in [0.717, 1.165) is 96.9 Å². The van der Waals surface area contributed by atoms with Crippen LogP contribution in [0.3, 0.4) is 0 Å². The third kappa shape index (κ3) is 5.50. The van der Waals surface area contributed by atoms with E-state index in [1.807, 2.05) is 54.5 Å². The first-order valence-corrected chi connectivity index (χ1v) is 18.2. The number of ether oxygens (including phenoxy) is 1. The Bertz CT molecular complexity index is 2270. The minimum absolute atomic E-state index is 0.0879. The van der Waals surface area contributed by atoms with Crippen LogP contribution in [0.25, 0.3) is 32.8 Å². The molecule has 0 fully saturated rings. The van der Waals surface area contributed by atoms with Gasteiger partial charge in [0.15, 0.2) is 0 Å². The van der Waals surface area contributed by atoms with E-state index >= 15 is 0 Å². The Morgan fingerprint density at radius 3 is 2.69 bits per heavy atom. The van der Waals surface area contributed by atoms with E-state index in [-0.39, 0.29) is 11.7 Å². The Labute approximate surface area is 294 Å². The standard InChI is InChI=1S/C38H39ClN6O3S/c1-22-33-34-30(39)14-13-29-28(36(38(46)47)43(3)35(29)34)11-8-16-48-32-19-26(17-23-9-5-6-10-27(23)32)49-21-24-18-25(44(4)41-24)20-42(2)31-12-7-15-45(40-22)37(31)33/h5-6,9-10,13-14,17-19,31H,7-8,11-12,15-16,20-21H2,1-4H3,(H,46,47). The molecule has 3 aromatic heterocycles. The van der Waals surface area contributed by atoms with Crippen molar-refractivity contribution in [1.29, 1.82) is 0 Å². The summed E-state index contributed by atoms with van der Waals surface area (Å²) in [6.45, 7) is 4.03. The van der Waals surface area contributed by atoms with Gasteiger partial charge in [0, 0.05) is 59.7 Å². The summed E-state index contributed by atoms with van der Waals surface area (Å²) in [6.07, 6.45) is 3.19. The van der Waals surface area contributed by atoms with Crippen molar-refractivity contribution in [2.24, 2.45) is 14.1 Å². The number of aryl methyl sites for hydroxylation is 5. The SMILES string of the molecule is Cc1nn2c3c1-c1c(Cl)ccc4c(c(C(=O)O)n(C)c14)CCCOc1cc(cc4ccccc14)SCc1cc(n(C)n1)CN(C)C3CCC2. The van der Waals surface area contributed by atoms with E-state index in [1.165, 1.54) is 0 Å².